The lowest BCUT2D eigenvalue weighted by Crippen LogP contribution is -2.31. The third-order valence-corrected chi connectivity index (χ3v) is 7.32. The highest BCUT2D eigenvalue weighted by atomic mass is 127. The van der Waals surface area contributed by atoms with Crippen LogP contribution in [0.4, 0.5) is 5.69 Å². The van der Waals surface area contributed by atoms with E-state index in [0.29, 0.717) is 16.6 Å². The molecule has 0 aromatic heterocycles. The Hall–Kier alpha value is -1.85. The number of amides is 1. The highest BCUT2D eigenvalue weighted by Crippen LogP contribution is 2.35. The molecule has 0 atom stereocenters. The molecule has 1 amide bonds. The minimum atomic E-state index is -0.0475. The van der Waals surface area contributed by atoms with E-state index in [0.717, 1.165) is 24.8 Å². The lowest BCUT2D eigenvalue weighted by Gasteiger charge is -2.15. The molecule has 3 aromatic rings. The minimum absolute atomic E-state index is 0.0475. The number of hydrogen-bond donors (Lipinski definition) is 1. The summed E-state index contributed by atoms with van der Waals surface area (Å²) >= 11 is 5.59. The summed E-state index contributed by atoms with van der Waals surface area (Å²) in [5, 5.41) is 10.7. The number of amidine groups is 1. The van der Waals surface area contributed by atoms with E-state index in [1.165, 1.54) is 17.3 Å². The Kier molecular flexibility index (Phi) is 7.34. The molecule has 0 bridgehead atoms. The molecular weight excluding hydrogens is 634 g/mol. The first kappa shape index (κ1) is 22.3. The fourth-order valence-electron chi connectivity index (χ4n) is 3.11. The number of benzene rings is 3. The van der Waals surface area contributed by atoms with Gasteiger partial charge in [0.25, 0.3) is 5.91 Å². The molecule has 1 aliphatic rings. The molecule has 1 saturated heterocycles. The molecule has 31 heavy (non-hydrogen) atoms. The molecule has 0 unspecified atom stereocenters. The number of aromatic hydroxyl groups is 1. The van der Waals surface area contributed by atoms with Crippen molar-refractivity contribution < 1.29 is 9.90 Å². The smallest absolute Gasteiger partial charge is 0.266 e. The quantitative estimate of drug-likeness (QED) is 0.255. The zero-order valence-corrected chi connectivity index (χ0v) is 21.5. The molecule has 0 saturated carbocycles. The molecule has 4 rings (SSSR count). The Labute approximate surface area is 212 Å². The minimum Gasteiger partial charge on any atom is -0.506 e. The van der Waals surface area contributed by atoms with Crippen molar-refractivity contribution in [1.82, 2.24) is 4.90 Å². The maximum atomic E-state index is 13.3. The van der Waals surface area contributed by atoms with Crippen molar-refractivity contribution >= 4 is 79.8 Å². The molecule has 1 aliphatic heterocycles. The van der Waals surface area contributed by atoms with Crippen LogP contribution >= 0.6 is 56.9 Å². The van der Waals surface area contributed by atoms with Crippen LogP contribution in [0.15, 0.2) is 82.7 Å². The molecule has 156 valence electrons. The van der Waals surface area contributed by atoms with Crippen LogP contribution in [-0.2, 0) is 11.2 Å². The van der Waals surface area contributed by atoms with Gasteiger partial charge in [-0.15, -0.1) is 0 Å². The van der Waals surface area contributed by atoms with Crippen molar-refractivity contribution in [2.24, 2.45) is 4.99 Å². The zero-order chi connectivity index (χ0) is 21.8. The molecule has 0 radical (unpaired) electrons. The maximum absolute atomic E-state index is 13.3. The normalized spacial score (nSPS) is 16.5. The lowest BCUT2D eigenvalue weighted by atomic mass is 10.1. The van der Waals surface area contributed by atoms with Crippen molar-refractivity contribution in [2.45, 2.75) is 6.42 Å². The predicted octanol–water partition coefficient (Wildman–Crippen LogP) is 6.45. The van der Waals surface area contributed by atoms with Crippen molar-refractivity contribution in [3.05, 3.63) is 96.0 Å². The van der Waals surface area contributed by atoms with E-state index >= 15 is 0 Å². The molecule has 1 fully saturated rings. The lowest BCUT2D eigenvalue weighted by molar-refractivity contribution is -0.122. The number of halogens is 2. The van der Waals surface area contributed by atoms with Crippen LogP contribution in [0.25, 0.3) is 6.08 Å². The van der Waals surface area contributed by atoms with Gasteiger partial charge in [0.05, 0.1) is 17.7 Å². The number of aliphatic imine (C=N–C) groups is 1. The van der Waals surface area contributed by atoms with E-state index in [1.54, 1.807) is 4.90 Å². The van der Waals surface area contributed by atoms with Crippen molar-refractivity contribution in [3.63, 3.8) is 0 Å². The van der Waals surface area contributed by atoms with Crippen molar-refractivity contribution in [1.29, 1.82) is 0 Å². The number of thioether (sulfide) groups is 1. The van der Waals surface area contributed by atoms with Crippen LogP contribution in [0.1, 0.15) is 11.1 Å². The van der Waals surface area contributed by atoms with E-state index in [2.05, 4.69) is 57.3 Å². The first-order chi connectivity index (χ1) is 15.0. The molecular formula is C24H18I2N2O2S. The van der Waals surface area contributed by atoms with E-state index in [9.17, 15) is 9.90 Å². The SMILES string of the molecule is O=C1/C(=C\c2cc(I)c(O)c(I)c2)SC(=Nc2ccccc2)N1CCc1ccccc1. The van der Waals surface area contributed by atoms with Gasteiger partial charge in [0, 0.05) is 6.54 Å². The second-order valence-electron chi connectivity index (χ2n) is 6.87. The summed E-state index contributed by atoms with van der Waals surface area (Å²) in [7, 11) is 0. The molecule has 7 heteroatoms. The second kappa shape index (κ2) is 10.2. The number of phenolic OH excluding ortho intramolecular Hbond substituents is 1. The van der Waals surface area contributed by atoms with Gasteiger partial charge in [-0.05, 0) is 105 Å². The van der Waals surface area contributed by atoms with Crippen LogP contribution in [-0.4, -0.2) is 27.6 Å². The number of rotatable bonds is 5. The molecule has 4 nitrogen and oxygen atoms in total. The number of phenols is 1. The van der Waals surface area contributed by atoms with Crippen LogP contribution in [0.5, 0.6) is 5.75 Å². The van der Waals surface area contributed by atoms with Crippen LogP contribution < -0.4 is 0 Å². The summed E-state index contributed by atoms with van der Waals surface area (Å²) < 4.78 is 1.51. The number of para-hydroxylation sites is 1. The summed E-state index contributed by atoms with van der Waals surface area (Å²) in [6.07, 6.45) is 2.63. The number of nitrogens with zero attached hydrogens (tertiary/aromatic N) is 2. The van der Waals surface area contributed by atoms with Gasteiger partial charge in [-0.25, -0.2) is 4.99 Å². The first-order valence-electron chi connectivity index (χ1n) is 9.58. The molecule has 1 heterocycles. The van der Waals surface area contributed by atoms with Crippen LogP contribution in [0.2, 0.25) is 0 Å². The molecule has 0 spiro atoms. The third-order valence-electron chi connectivity index (χ3n) is 4.67. The molecule has 3 aromatic carbocycles. The Morgan fingerprint density at radius 3 is 2.23 bits per heavy atom. The summed E-state index contributed by atoms with van der Waals surface area (Å²) in [6, 6.07) is 23.6. The number of carbonyl (C=O) groups excluding carboxylic acids is 1. The Balaban J connectivity index is 1.65. The van der Waals surface area contributed by atoms with Crippen LogP contribution in [0, 0.1) is 7.14 Å². The second-order valence-corrected chi connectivity index (χ2v) is 10.2. The van der Waals surface area contributed by atoms with Crippen molar-refractivity contribution in [2.75, 3.05) is 6.54 Å². The highest BCUT2D eigenvalue weighted by Gasteiger charge is 2.33. The summed E-state index contributed by atoms with van der Waals surface area (Å²) in [4.78, 5) is 20.4. The van der Waals surface area contributed by atoms with Gasteiger partial charge < -0.3 is 5.11 Å². The summed E-state index contributed by atoms with van der Waals surface area (Å²) in [5.74, 6) is 0.221. The summed E-state index contributed by atoms with van der Waals surface area (Å²) in [6.45, 7) is 0.559. The average molecular weight is 652 g/mol. The Morgan fingerprint density at radius 2 is 1.58 bits per heavy atom. The molecule has 0 aliphatic carbocycles. The summed E-state index contributed by atoms with van der Waals surface area (Å²) in [5.41, 5.74) is 2.88. The van der Waals surface area contributed by atoms with Crippen molar-refractivity contribution in [3.8, 4) is 5.75 Å². The first-order valence-corrected chi connectivity index (χ1v) is 12.6. The van der Waals surface area contributed by atoms with Gasteiger partial charge in [-0.1, -0.05) is 48.5 Å². The van der Waals surface area contributed by atoms with E-state index in [1.807, 2.05) is 66.7 Å². The third kappa shape index (κ3) is 5.50. The highest BCUT2D eigenvalue weighted by molar-refractivity contribution is 14.1. The van der Waals surface area contributed by atoms with Gasteiger partial charge in [-0.3, -0.25) is 9.69 Å². The topological polar surface area (TPSA) is 52.9 Å². The van der Waals surface area contributed by atoms with E-state index in [4.69, 9.17) is 4.99 Å². The van der Waals surface area contributed by atoms with E-state index < -0.39 is 0 Å². The average Bonchev–Trinajstić information content (AvgIpc) is 3.06. The fourth-order valence-corrected chi connectivity index (χ4v) is 5.95. The maximum Gasteiger partial charge on any atom is 0.266 e. The van der Waals surface area contributed by atoms with Gasteiger partial charge in [-0.2, -0.15) is 0 Å². The van der Waals surface area contributed by atoms with Gasteiger partial charge in [0.2, 0.25) is 0 Å². The Morgan fingerprint density at radius 1 is 0.968 bits per heavy atom. The predicted molar refractivity (Wildman–Crippen MR) is 145 cm³/mol. The monoisotopic (exact) mass is 652 g/mol. The van der Waals surface area contributed by atoms with Gasteiger partial charge in [0.1, 0.15) is 5.75 Å². The fraction of sp³-hybridized carbons (Fsp3) is 0.0833. The number of carbonyl (C=O) groups is 1. The standard InChI is InChI=1S/C24H18I2N2O2S/c25-19-13-17(14-20(26)22(19)29)15-21-23(30)28(12-11-16-7-3-1-4-8-16)24(31-21)27-18-9-5-2-6-10-18/h1-10,13-15,29H,11-12H2/b21-15+,27-24?. The van der Waals surface area contributed by atoms with Crippen LogP contribution in [0.3, 0.4) is 0 Å². The largest absolute Gasteiger partial charge is 0.506 e. The van der Waals surface area contributed by atoms with E-state index in [-0.39, 0.29) is 11.7 Å². The zero-order valence-electron chi connectivity index (χ0n) is 16.3. The molecule has 1 N–H and O–H groups in total. The van der Waals surface area contributed by atoms with Gasteiger partial charge >= 0.3 is 0 Å². The Bertz CT molecular complexity index is 1140. The number of hydrogen-bond acceptors (Lipinski definition) is 4. The van der Waals surface area contributed by atoms with Gasteiger partial charge in [0.15, 0.2) is 5.17 Å².